The summed E-state index contributed by atoms with van der Waals surface area (Å²) in [4.78, 5) is 26.4. The lowest BCUT2D eigenvalue weighted by atomic mass is 9.88. The van der Waals surface area contributed by atoms with Gasteiger partial charge in [-0.3, -0.25) is 14.9 Å². The van der Waals surface area contributed by atoms with Gasteiger partial charge >= 0.3 is 0 Å². The van der Waals surface area contributed by atoms with Crippen molar-refractivity contribution in [3.63, 3.8) is 0 Å². The zero-order chi connectivity index (χ0) is 21.0. The van der Waals surface area contributed by atoms with Gasteiger partial charge in [0.2, 0.25) is 5.91 Å². The Morgan fingerprint density at radius 3 is 2.72 bits per heavy atom. The van der Waals surface area contributed by atoms with Gasteiger partial charge in [0.05, 0.1) is 21.6 Å². The number of rotatable bonds is 8. The number of carbonyl (C=O) groups is 1. The lowest BCUT2D eigenvalue weighted by Crippen LogP contribution is -2.28. The van der Waals surface area contributed by atoms with Gasteiger partial charge in [-0.2, -0.15) is 0 Å². The Bertz CT molecular complexity index is 1050. The van der Waals surface area contributed by atoms with Gasteiger partial charge < -0.3 is 15.0 Å². The van der Waals surface area contributed by atoms with Crippen LogP contribution in [0.25, 0.3) is 10.9 Å². The zero-order valence-corrected chi connectivity index (χ0v) is 17.1. The minimum absolute atomic E-state index is 0.0178. The first-order valence-electron chi connectivity index (χ1n) is 8.86. The van der Waals surface area contributed by atoms with Gasteiger partial charge in [0.15, 0.2) is 0 Å². The third-order valence-corrected chi connectivity index (χ3v) is 5.39. The predicted octanol–water partition coefficient (Wildman–Crippen LogP) is 4.67. The molecule has 0 aliphatic rings. The summed E-state index contributed by atoms with van der Waals surface area (Å²) < 4.78 is 4.96. The quantitative estimate of drug-likeness (QED) is 0.305. The zero-order valence-electron chi connectivity index (χ0n) is 15.6. The van der Waals surface area contributed by atoms with Crippen molar-refractivity contribution in [1.82, 2.24) is 10.3 Å². The number of benzene rings is 2. The summed E-state index contributed by atoms with van der Waals surface area (Å²) in [5, 5.41) is 15.5. The SMILES string of the molecule is COCCNC(=O)CC(c1ccc(Cl)c(Cl)c1)c1c[nH]c2ccc([N+](=O)[O-])cc12. The van der Waals surface area contributed by atoms with E-state index in [4.69, 9.17) is 27.9 Å². The summed E-state index contributed by atoms with van der Waals surface area (Å²) in [7, 11) is 1.56. The molecule has 1 aromatic heterocycles. The fourth-order valence-corrected chi connectivity index (χ4v) is 3.53. The maximum Gasteiger partial charge on any atom is 0.270 e. The largest absolute Gasteiger partial charge is 0.383 e. The number of nitro groups is 1. The molecule has 0 aliphatic heterocycles. The molecule has 3 aromatic rings. The number of fused-ring (bicyclic) bond motifs is 1. The van der Waals surface area contributed by atoms with Gasteiger partial charge in [0.1, 0.15) is 0 Å². The maximum absolute atomic E-state index is 12.5. The van der Waals surface area contributed by atoms with Crippen molar-refractivity contribution in [3.8, 4) is 0 Å². The van der Waals surface area contributed by atoms with Crippen molar-refractivity contribution < 1.29 is 14.5 Å². The molecule has 0 aliphatic carbocycles. The van der Waals surface area contributed by atoms with Gasteiger partial charge in [-0.15, -0.1) is 0 Å². The van der Waals surface area contributed by atoms with Crippen LogP contribution in [0.3, 0.4) is 0 Å². The van der Waals surface area contributed by atoms with Gasteiger partial charge in [-0.25, -0.2) is 0 Å². The molecular weight excluding hydrogens is 417 g/mol. The highest BCUT2D eigenvalue weighted by molar-refractivity contribution is 6.42. The second-order valence-corrected chi connectivity index (χ2v) is 7.32. The first-order valence-corrected chi connectivity index (χ1v) is 9.62. The van der Waals surface area contributed by atoms with E-state index < -0.39 is 4.92 Å². The third-order valence-electron chi connectivity index (χ3n) is 4.65. The van der Waals surface area contributed by atoms with Crippen LogP contribution in [0.5, 0.6) is 0 Å². The summed E-state index contributed by atoms with van der Waals surface area (Å²) in [5.74, 6) is -0.541. The summed E-state index contributed by atoms with van der Waals surface area (Å²) in [6, 6.07) is 9.79. The molecule has 7 nitrogen and oxygen atoms in total. The van der Waals surface area contributed by atoms with Crippen molar-refractivity contribution in [3.05, 3.63) is 73.9 Å². The number of nitrogens with zero attached hydrogens (tertiary/aromatic N) is 1. The Hall–Kier alpha value is -2.61. The standard InChI is InChI=1S/C20H19Cl2N3O4/c1-29-7-6-23-20(26)10-14(12-2-4-17(21)18(22)8-12)16-11-24-19-5-3-13(25(27)28)9-15(16)19/h2-5,8-9,11,14,24H,6-7,10H2,1H3,(H,23,26). The minimum Gasteiger partial charge on any atom is -0.383 e. The lowest BCUT2D eigenvalue weighted by molar-refractivity contribution is -0.384. The molecule has 1 amide bonds. The number of amides is 1. The van der Waals surface area contributed by atoms with Crippen LogP contribution < -0.4 is 5.32 Å². The Kier molecular flexibility index (Phi) is 6.74. The van der Waals surface area contributed by atoms with E-state index in [9.17, 15) is 14.9 Å². The average molecular weight is 436 g/mol. The van der Waals surface area contributed by atoms with E-state index in [-0.39, 0.29) is 23.9 Å². The Labute approximate surface area is 177 Å². The van der Waals surface area contributed by atoms with E-state index in [2.05, 4.69) is 10.3 Å². The number of nitro benzene ring substituents is 1. The number of non-ortho nitro benzene ring substituents is 1. The first kappa shape index (κ1) is 21.1. The molecule has 1 unspecified atom stereocenters. The van der Waals surface area contributed by atoms with Crippen LogP contribution in [-0.2, 0) is 9.53 Å². The fraction of sp³-hybridized carbons (Fsp3) is 0.250. The van der Waals surface area contributed by atoms with Crippen LogP contribution in [0, 0.1) is 10.1 Å². The third kappa shape index (κ3) is 4.87. The topological polar surface area (TPSA) is 97.3 Å². The molecule has 0 fully saturated rings. The molecule has 2 N–H and O–H groups in total. The van der Waals surface area contributed by atoms with Gasteiger partial charge in [0.25, 0.3) is 5.69 Å². The average Bonchev–Trinajstić information content (AvgIpc) is 3.11. The number of methoxy groups -OCH3 is 1. The minimum atomic E-state index is -0.443. The molecule has 1 atom stereocenters. The van der Waals surface area contributed by atoms with Crippen LogP contribution in [0.2, 0.25) is 10.0 Å². The van der Waals surface area contributed by atoms with Gasteiger partial charge in [-0.1, -0.05) is 29.3 Å². The van der Waals surface area contributed by atoms with Crippen molar-refractivity contribution >= 4 is 45.7 Å². The molecule has 29 heavy (non-hydrogen) atoms. The molecule has 3 rings (SSSR count). The number of ether oxygens (including phenoxy) is 1. The molecule has 0 bridgehead atoms. The van der Waals surface area contributed by atoms with Crippen LogP contribution in [0.15, 0.2) is 42.6 Å². The highest BCUT2D eigenvalue weighted by Crippen LogP contribution is 2.37. The number of carbonyl (C=O) groups excluding carboxylic acids is 1. The second-order valence-electron chi connectivity index (χ2n) is 6.50. The fourth-order valence-electron chi connectivity index (χ4n) is 3.22. The Morgan fingerprint density at radius 1 is 1.24 bits per heavy atom. The number of hydrogen-bond donors (Lipinski definition) is 2. The Morgan fingerprint density at radius 2 is 2.03 bits per heavy atom. The van der Waals surface area contributed by atoms with E-state index in [1.54, 1.807) is 37.6 Å². The first-order chi connectivity index (χ1) is 13.9. The van der Waals surface area contributed by atoms with Crippen LogP contribution in [0.4, 0.5) is 5.69 Å². The lowest BCUT2D eigenvalue weighted by Gasteiger charge is -2.18. The smallest absolute Gasteiger partial charge is 0.270 e. The number of hydrogen-bond acceptors (Lipinski definition) is 4. The summed E-state index contributed by atoms with van der Waals surface area (Å²) >= 11 is 12.2. The van der Waals surface area contributed by atoms with Crippen molar-refractivity contribution in [1.29, 1.82) is 0 Å². The van der Waals surface area contributed by atoms with E-state index >= 15 is 0 Å². The number of aromatic amines is 1. The van der Waals surface area contributed by atoms with Crippen LogP contribution in [0.1, 0.15) is 23.5 Å². The molecule has 0 spiro atoms. The van der Waals surface area contributed by atoms with Crippen LogP contribution in [-0.4, -0.2) is 36.1 Å². The van der Waals surface area contributed by atoms with Crippen molar-refractivity contribution in [2.24, 2.45) is 0 Å². The number of aromatic nitrogens is 1. The van der Waals surface area contributed by atoms with Gasteiger partial charge in [0, 0.05) is 55.2 Å². The van der Waals surface area contributed by atoms with E-state index in [0.717, 1.165) is 16.6 Å². The molecule has 9 heteroatoms. The predicted molar refractivity (Wildman–Crippen MR) is 113 cm³/mol. The number of nitrogens with one attached hydrogen (secondary N) is 2. The van der Waals surface area contributed by atoms with Gasteiger partial charge in [-0.05, 0) is 29.3 Å². The van der Waals surface area contributed by atoms with E-state index in [0.29, 0.717) is 28.6 Å². The monoisotopic (exact) mass is 435 g/mol. The van der Waals surface area contributed by atoms with Crippen LogP contribution >= 0.6 is 23.2 Å². The molecular formula is C20H19Cl2N3O4. The molecule has 2 aromatic carbocycles. The Balaban J connectivity index is 2.03. The second kappa shape index (κ2) is 9.26. The molecule has 152 valence electrons. The van der Waals surface area contributed by atoms with Crippen molar-refractivity contribution in [2.75, 3.05) is 20.3 Å². The molecule has 0 saturated carbocycles. The maximum atomic E-state index is 12.5. The molecule has 0 saturated heterocycles. The summed E-state index contributed by atoms with van der Waals surface area (Å²) in [6.07, 6.45) is 1.90. The number of halogens is 2. The normalized spacial score (nSPS) is 12.1. The molecule has 0 radical (unpaired) electrons. The highest BCUT2D eigenvalue weighted by Gasteiger charge is 2.23. The number of H-pyrrole nitrogens is 1. The molecule has 1 heterocycles. The van der Waals surface area contributed by atoms with E-state index in [1.807, 2.05) is 0 Å². The summed E-state index contributed by atoms with van der Waals surface area (Å²) in [6.45, 7) is 0.797. The summed E-state index contributed by atoms with van der Waals surface area (Å²) in [5.41, 5.74) is 2.28. The highest BCUT2D eigenvalue weighted by atomic mass is 35.5. The van der Waals surface area contributed by atoms with Crippen molar-refractivity contribution in [2.45, 2.75) is 12.3 Å². The van der Waals surface area contributed by atoms with E-state index in [1.165, 1.54) is 12.1 Å².